The van der Waals surface area contributed by atoms with Crippen molar-refractivity contribution in [1.82, 2.24) is 20.1 Å². The number of thiophene rings is 1. The number of hydrogen-bond acceptors (Lipinski definition) is 8. The molecule has 1 aromatic carbocycles. The Morgan fingerprint density at radius 1 is 1.15 bits per heavy atom. The maximum atomic E-state index is 12.6. The third-order valence-electron chi connectivity index (χ3n) is 4.98. The molecule has 0 aliphatic carbocycles. The van der Waals surface area contributed by atoms with E-state index < -0.39 is 5.97 Å². The molecule has 0 saturated carbocycles. The van der Waals surface area contributed by atoms with Crippen molar-refractivity contribution in [3.63, 3.8) is 0 Å². The van der Waals surface area contributed by atoms with Crippen LogP contribution in [0.15, 0.2) is 46.9 Å². The molecule has 2 aromatic heterocycles. The van der Waals surface area contributed by atoms with Crippen molar-refractivity contribution in [3.05, 3.63) is 58.0 Å². The van der Waals surface area contributed by atoms with E-state index in [1.54, 1.807) is 30.3 Å². The van der Waals surface area contributed by atoms with Crippen LogP contribution in [-0.4, -0.2) is 45.4 Å². The van der Waals surface area contributed by atoms with Gasteiger partial charge in [0.05, 0.1) is 35.0 Å². The summed E-state index contributed by atoms with van der Waals surface area (Å²) in [6.45, 7) is 6.55. The fourth-order valence-electron chi connectivity index (χ4n) is 3.28. The molecule has 3 aromatic rings. The highest BCUT2D eigenvalue weighted by Crippen LogP contribution is 2.26. The number of carbonyl (C=O) groups excluding carboxylic acids is 3. The molecule has 2 N–H and O–H groups in total. The zero-order valence-corrected chi connectivity index (χ0v) is 21.0. The van der Waals surface area contributed by atoms with E-state index in [0.29, 0.717) is 28.1 Å². The number of rotatable bonds is 10. The van der Waals surface area contributed by atoms with Gasteiger partial charge in [0.1, 0.15) is 0 Å². The molecule has 9 nitrogen and oxygen atoms in total. The van der Waals surface area contributed by atoms with E-state index in [0.717, 1.165) is 0 Å². The summed E-state index contributed by atoms with van der Waals surface area (Å²) in [6, 6.07) is 9.94. The summed E-state index contributed by atoms with van der Waals surface area (Å²) < 4.78 is 6.67. The van der Waals surface area contributed by atoms with Gasteiger partial charge in [-0.25, -0.2) is 4.79 Å². The lowest BCUT2D eigenvalue weighted by Gasteiger charge is -2.22. The van der Waals surface area contributed by atoms with Gasteiger partial charge in [0.15, 0.2) is 11.0 Å². The van der Waals surface area contributed by atoms with Crippen LogP contribution in [-0.2, 0) is 16.1 Å². The van der Waals surface area contributed by atoms with Crippen molar-refractivity contribution < 1.29 is 19.1 Å². The molecule has 0 saturated heterocycles. The predicted octanol–water partition coefficient (Wildman–Crippen LogP) is 4.00. The molecular weight excluding hydrogens is 474 g/mol. The van der Waals surface area contributed by atoms with Gasteiger partial charge in [-0.1, -0.05) is 43.8 Å². The maximum absolute atomic E-state index is 12.6. The Bertz CT molecular complexity index is 1140. The molecule has 0 aliphatic heterocycles. The second-order valence-corrected chi connectivity index (χ2v) is 9.52. The van der Waals surface area contributed by atoms with E-state index in [-0.39, 0.29) is 35.1 Å². The van der Waals surface area contributed by atoms with E-state index in [9.17, 15) is 14.4 Å². The standard InChI is InChI=1S/C23H27N5O4S2/c1-5-28-20(19(14(2)3)25-21(30)17-11-8-12-33-17)26-27-23(28)34-13-18(29)24-16-10-7-6-9-15(16)22(31)32-4/h6-12,14,19H,5,13H2,1-4H3,(H,24,29)(H,25,30). The highest BCUT2D eigenvalue weighted by Gasteiger charge is 2.26. The molecule has 34 heavy (non-hydrogen) atoms. The van der Waals surface area contributed by atoms with Crippen molar-refractivity contribution >= 4 is 46.6 Å². The number of carbonyl (C=O) groups is 3. The summed E-state index contributed by atoms with van der Waals surface area (Å²) in [6.07, 6.45) is 0. The van der Waals surface area contributed by atoms with Crippen LogP contribution in [0.1, 0.15) is 52.7 Å². The first kappa shape index (κ1) is 25.4. The molecule has 1 atom stereocenters. The number of methoxy groups -OCH3 is 1. The molecule has 0 fully saturated rings. The molecule has 11 heteroatoms. The lowest BCUT2D eigenvalue weighted by Crippen LogP contribution is -2.33. The molecule has 0 radical (unpaired) electrons. The Hall–Kier alpha value is -3.18. The van der Waals surface area contributed by atoms with Gasteiger partial charge in [-0.15, -0.1) is 21.5 Å². The molecular formula is C23H27N5O4S2. The van der Waals surface area contributed by atoms with Crippen LogP contribution in [0.25, 0.3) is 0 Å². The van der Waals surface area contributed by atoms with Crippen LogP contribution < -0.4 is 10.6 Å². The Balaban J connectivity index is 1.71. The first-order valence-corrected chi connectivity index (χ1v) is 12.6. The Morgan fingerprint density at radius 2 is 1.91 bits per heavy atom. The predicted molar refractivity (Wildman–Crippen MR) is 132 cm³/mol. The lowest BCUT2D eigenvalue weighted by atomic mass is 10.0. The molecule has 180 valence electrons. The van der Waals surface area contributed by atoms with Gasteiger partial charge in [0.2, 0.25) is 5.91 Å². The average molecular weight is 502 g/mol. The highest BCUT2D eigenvalue weighted by molar-refractivity contribution is 7.99. The number of thioether (sulfide) groups is 1. The monoisotopic (exact) mass is 501 g/mol. The molecule has 0 aliphatic rings. The third-order valence-corrected chi connectivity index (χ3v) is 6.81. The number of nitrogens with zero attached hydrogens (tertiary/aromatic N) is 3. The average Bonchev–Trinajstić information content (AvgIpc) is 3.51. The van der Waals surface area contributed by atoms with Gasteiger partial charge in [0, 0.05) is 6.54 Å². The number of aromatic nitrogens is 3. The quantitative estimate of drug-likeness (QED) is 0.319. The van der Waals surface area contributed by atoms with E-state index in [1.165, 1.54) is 30.2 Å². The topological polar surface area (TPSA) is 115 Å². The molecule has 2 heterocycles. The first-order chi connectivity index (χ1) is 16.3. The summed E-state index contributed by atoms with van der Waals surface area (Å²) in [5.41, 5.74) is 0.664. The number of benzene rings is 1. The second-order valence-electron chi connectivity index (χ2n) is 7.63. The molecule has 1 unspecified atom stereocenters. The van der Waals surface area contributed by atoms with Gasteiger partial charge in [-0.05, 0) is 36.4 Å². The number of esters is 1. The van der Waals surface area contributed by atoms with Crippen molar-refractivity contribution in [2.24, 2.45) is 5.92 Å². The lowest BCUT2D eigenvalue weighted by molar-refractivity contribution is -0.113. The molecule has 3 rings (SSSR count). The van der Waals surface area contributed by atoms with Crippen molar-refractivity contribution in [2.45, 2.75) is 38.5 Å². The summed E-state index contributed by atoms with van der Waals surface area (Å²) >= 11 is 2.61. The van der Waals surface area contributed by atoms with Crippen LogP contribution in [0.4, 0.5) is 5.69 Å². The van der Waals surface area contributed by atoms with Gasteiger partial charge < -0.3 is 19.9 Å². The minimum atomic E-state index is -0.525. The van der Waals surface area contributed by atoms with Crippen molar-refractivity contribution in [2.75, 3.05) is 18.2 Å². The van der Waals surface area contributed by atoms with Gasteiger partial charge in [-0.2, -0.15) is 0 Å². The minimum Gasteiger partial charge on any atom is -0.465 e. The van der Waals surface area contributed by atoms with Crippen LogP contribution in [0.5, 0.6) is 0 Å². The van der Waals surface area contributed by atoms with Crippen LogP contribution in [0, 0.1) is 5.92 Å². The zero-order valence-electron chi connectivity index (χ0n) is 19.4. The maximum Gasteiger partial charge on any atom is 0.339 e. The molecule has 0 spiro atoms. The third kappa shape index (κ3) is 6.03. The van der Waals surface area contributed by atoms with Crippen LogP contribution in [0.2, 0.25) is 0 Å². The van der Waals surface area contributed by atoms with Gasteiger partial charge >= 0.3 is 5.97 Å². The number of hydrogen-bond donors (Lipinski definition) is 2. The Kier molecular flexibility index (Phi) is 8.83. The van der Waals surface area contributed by atoms with E-state index in [1.807, 2.05) is 36.8 Å². The fourth-order valence-corrected chi connectivity index (χ4v) is 4.72. The van der Waals surface area contributed by atoms with Gasteiger partial charge in [-0.3, -0.25) is 9.59 Å². The van der Waals surface area contributed by atoms with Crippen molar-refractivity contribution in [3.8, 4) is 0 Å². The summed E-state index contributed by atoms with van der Waals surface area (Å²) in [7, 11) is 1.29. The molecule has 2 amide bonds. The van der Waals surface area contributed by atoms with E-state index in [4.69, 9.17) is 4.74 Å². The summed E-state index contributed by atoms with van der Waals surface area (Å²) in [4.78, 5) is 37.8. The number of anilines is 1. The minimum absolute atomic E-state index is 0.0710. The Morgan fingerprint density at radius 3 is 2.56 bits per heavy atom. The van der Waals surface area contributed by atoms with Crippen LogP contribution >= 0.6 is 23.1 Å². The molecule has 0 bridgehead atoms. The highest BCUT2D eigenvalue weighted by atomic mass is 32.2. The first-order valence-electron chi connectivity index (χ1n) is 10.7. The summed E-state index contributed by atoms with van der Waals surface area (Å²) in [5.74, 6) is -0.183. The Labute approximate surface area is 206 Å². The smallest absolute Gasteiger partial charge is 0.339 e. The van der Waals surface area contributed by atoms with Crippen molar-refractivity contribution in [1.29, 1.82) is 0 Å². The number of nitrogens with one attached hydrogen (secondary N) is 2. The number of amides is 2. The largest absolute Gasteiger partial charge is 0.465 e. The summed E-state index contributed by atoms with van der Waals surface area (Å²) in [5, 5.41) is 16.9. The van der Waals surface area contributed by atoms with Crippen LogP contribution in [0.3, 0.4) is 0 Å². The second kappa shape index (κ2) is 11.8. The normalized spacial score (nSPS) is 11.8. The fraction of sp³-hybridized carbons (Fsp3) is 0.348. The number of ether oxygens (including phenoxy) is 1. The van der Waals surface area contributed by atoms with Gasteiger partial charge in [0.25, 0.3) is 5.91 Å². The SMILES string of the molecule is CCn1c(SCC(=O)Nc2ccccc2C(=O)OC)nnc1C(NC(=O)c1cccs1)C(C)C. The number of para-hydroxylation sites is 1. The van der Waals surface area contributed by atoms with E-state index in [2.05, 4.69) is 20.8 Å². The zero-order chi connectivity index (χ0) is 24.7. The van der Waals surface area contributed by atoms with E-state index >= 15 is 0 Å².